The van der Waals surface area contributed by atoms with Crippen LogP contribution in [-0.2, 0) is 11.0 Å². The zero-order valence-electron chi connectivity index (χ0n) is 24.9. The van der Waals surface area contributed by atoms with Crippen LogP contribution in [0.2, 0.25) is 0 Å². The van der Waals surface area contributed by atoms with Gasteiger partial charge in [-0.1, -0.05) is 67.1 Å². The fraction of sp³-hybridized carbons (Fsp3) is 0.429. The Morgan fingerprint density at radius 3 is 2.07 bits per heavy atom. The molecule has 2 aliphatic heterocycles. The van der Waals surface area contributed by atoms with Crippen molar-refractivity contribution in [2.45, 2.75) is 56.3 Å². The highest BCUT2D eigenvalue weighted by Gasteiger charge is 2.33. The van der Waals surface area contributed by atoms with Crippen LogP contribution < -0.4 is 10.6 Å². The van der Waals surface area contributed by atoms with Crippen molar-refractivity contribution in [1.29, 1.82) is 0 Å². The number of hydrogen-bond acceptors (Lipinski definition) is 4. The van der Waals surface area contributed by atoms with E-state index in [1.807, 2.05) is 41.3 Å². The third-order valence-corrected chi connectivity index (χ3v) is 8.77. The van der Waals surface area contributed by atoms with E-state index in [2.05, 4.69) is 39.8 Å². The van der Waals surface area contributed by atoms with Gasteiger partial charge in [0.25, 0.3) is 5.91 Å². The second kappa shape index (κ2) is 14.9. The molecule has 3 aromatic rings. The second-order valence-electron chi connectivity index (χ2n) is 11.8. The van der Waals surface area contributed by atoms with Crippen LogP contribution in [-0.4, -0.2) is 73.0 Å². The zero-order valence-corrected chi connectivity index (χ0v) is 24.9. The molecule has 0 bridgehead atoms. The molecule has 44 heavy (non-hydrogen) atoms. The Kier molecular flexibility index (Phi) is 10.7. The third kappa shape index (κ3) is 8.48. The van der Waals surface area contributed by atoms with Gasteiger partial charge in [0.15, 0.2) is 0 Å². The number of nitrogens with zero attached hydrogens (tertiary/aromatic N) is 2. The van der Waals surface area contributed by atoms with Gasteiger partial charge in [-0.15, -0.1) is 0 Å². The summed E-state index contributed by atoms with van der Waals surface area (Å²) in [6.45, 7) is 4.25. The molecule has 2 saturated heterocycles. The number of rotatable bonds is 10. The number of carbonyl (C=O) groups excluding carboxylic acids is 2. The van der Waals surface area contributed by atoms with Crippen molar-refractivity contribution in [3.8, 4) is 0 Å². The van der Waals surface area contributed by atoms with Gasteiger partial charge in [-0.25, -0.2) is 0 Å². The van der Waals surface area contributed by atoms with E-state index in [-0.39, 0.29) is 30.0 Å². The molecular weight excluding hydrogens is 565 g/mol. The molecule has 0 aliphatic carbocycles. The largest absolute Gasteiger partial charge is 0.416 e. The lowest BCUT2D eigenvalue weighted by Crippen LogP contribution is -2.50. The van der Waals surface area contributed by atoms with Crippen molar-refractivity contribution in [3.63, 3.8) is 0 Å². The van der Waals surface area contributed by atoms with Crippen molar-refractivity contribution in [2.75, 3.05) is 39.3 Å². The Morgan fingerprint density at radius 1 is 0.864 bits per heavy atom. The first-order chi connectivity index (χ1) is 21.3. The quantitative estimate of drug-likeness (QED) is 0.311. The summed E-state index contributed by atoms with van der Waals surface area (Å²) in [5.41, 5.74) is 1.67. The molecule has 234 valence electrons. The molecule has 0 radical (unpaired) electrons. The van der Waals surface area contributed by atoms with Gasteiger partial charge in [0, 0.05) is 43.7 Å². The summed E-state index contributed by atoms with van der Waals surface area (Å²) in [5.74, 6) is -0.360. The number of nitrogens with one attached hydrogen (secondary N) is 2. The third-order valence-electron chi connectivity index (χ3n) is 8.77. The second-order valence-corrected chi connectivity index (χ2v) is 11.8. The predicted molar refractivity (Wildman–Crippen MR) is 165 cm³/mol. The Morgan fingerprint density at radius 2 is 1.48 bits per heavy atom. The summed E-state index contributed by atoms with van der Waals surface area (Å²) in [7, 11) is 0. The van der Waals surface area contributed by atoms with Crippen molar-refractivity contribution < 1.29 is 22.8 Å². The van der Waals surface area contributed by atoms with E-state index < -0.39 is 23.7 Å². The molecular formula is C35H41F3N4O2. The Bertz CT molecular complexity index is 1310. The number of halogens is 3. The highest BCUT2D eigenvalue weighted by atomic mass is 19.4. The average Bonchev–Trinajstić information content (AvgIpc) is 3.20. The number of amides is 2. The van der Waals surface area contributed by atoms with Crippen LogP contribution >= 0.6 is 0 Å². The van der Waals surface area contributed by atoms with Crippen LogP contribution in [0.15, 0.2) is 84.9 Å². The van der Waals surface area contributed by atoms with Gasteiger partial charge in [0.05, 0.1) is 11.6 Å². The number of piperidine rings is 1. The molecule has 2 atom stereocenters. The minimum atomic E-state index is -4.46. The molecule has 2 N–H and O–H groups in total. The topological polar surface area (TPSA) is 64.7 Å². The molecule has 2 amide bonds. The van der Waals surface area contributed by atoms with Crippen molar-refractivity contribution >= 4 is 11.8 Å². The molecule has 2 fully saturated rings. The summed E-state index contributed by atoms with van der Waals surface area (Å²) in [6, 6.07) is 24.1. The molecule has 2 heterocycles. The molecule has 0 saturated carbocycles. The van der Waals surface area contributed by atoms with Gasteiger partial charge in [-0.2, -0.15) is 13.2 Å². The van der Waals surface area contributed by atoms with Crippen molar-refractivity contribution in [1.82, 2.24) is 20.4 Å². The fourth-order valence-corrected chi connectivity index (χ4v) is 6.25. The van der Waals surface area contributed by atoms with E-state index in [0.29, 0.717) is 25.9 Å². The maximum Gasteiger partial charge on any atom is 0.416 e. The van der Waals surface area contributed by atoms with Gasteiger partial charge >= 0.3 is 6.18 Å². The monoisotopic (exact) mass is 606 g/mol. The molecule has 0 aromatic heterocycles. The van der Waals surface area contributed by atoms with Gasteiger partial charge in [-0.05, 0) is 74.2 Å². The fourth-order valence-electron chi connectivity index (χ4n) is 6.25. The molecule has 9 heteroatoms. The van der Waals surface area contributed by atoms with E-state index in [1.54, 1.807) is 0 Å². The van der Waals surface area contributed by atoms with Crippen LogP contribution in [0.4, 0.5) is 13.2 Å². The minimum Gasteiger partial charge on any atom is -0.350 e. The molecule has 0 unspecified atom stereocenters. The summed E-state index contributed by atoms with van der Waals surface area (Å²) in [4.78, 5) is 31.3. The summed E-state index contributed by atoms with van der Waals surface area (Å²) >= 11 is 0. The lowest BCUT2D eigenvalue weighted by molar-refractivity contribution is -0.137. The van der Waals surface area contributed by atoms with E-state index >= 15 is 0 Å². The van der Waals surface area contributed by atoms with E-state index in [4.69, 9.17) is 0 Å². The maximum absolute atomic E-state index is 14.1. The number of benzene rings is 3. The molecule has 3 aromatic carbocycles. The summed E-state index contributed by atoms with van der Waals surface area (Å²) < 4.78 is 38.9. The first kappa shape index (κ1) is 31.7. The SMILES string of the molecule is O=C(NC[C@@H]1CCN(CC(c2ccccc2)c2ccccc2)C(=O)[C@H](CCN2CCCCC2)N1)c1ccc(C(F)(F)F)cc1. The van der Waals surface area contributed by atoms with Gasteiger partial charge < -0.3 is 20.4 Å². The maximum atomic E-state index is 14.1. The highest BCUT2D eigenvalue weighted by molar-refractivity contribution is 5.94. The number of carbonyl (C=O) groups is 2. The van der Waals surface area contributed by atoms with Gasteiger partial charge in [0.2, 0.25) is 5.91 Å². The summed E-state index contributed by atoms with van der Waals surface area (Å²) in [5, 5.41) is 6.42. The van der Waals surface area contributed by atoms with Gasteiger partial charge in [0.1, 0.15) is 0 Å². The standard InChI is InChI=1S/C35H41F3N4O2/c36-35(37,38)29-16-14-28(15-17-29)33(43)39-24-30-18-23-42(34(44)32(40-30)19-22-41-20-8-3-9-21-41)25-31(26-10-4-1-5-11-26)27-12-6-2-7-13-27/h1-2,4-7,10-17,30-32,40H,3,8-9,18-25H2,(H,39,43)/t30-,32-/m0/s1. The van der Waals surface area contributed by atoms with Crippen LogP contribution in [0.5, 0.6) is 0 Å². The van der Waals surface area contributed by atoms with Crippen LogP contribution in [0.1, 0.15) is 65.1 Å². The summed E-state index contributed by atoms with van der Waals surface area (Å²) in [6.07, 6.45) is 0.432. The van der Waals surface area contributed by atoms with Crippen LogP contribution in [0, 0.1) is 0 Å². The lowest BCUT2D eigenvalue weighted by atomic mass is 9.90. The van der Waals surface area contributed by atoms with E-state index in [9.17, 15) is 22.8 Å². The predicted octanol–water partition coefficient (Wildman–Crippen LogP) is 5.70. The molecule has 0 spiro atoms. The van der Waals surface area contributed by atoms with E-state index in [0.717, 1.165) is 42.9 Å². The molecule has 6 nitrogen and oxygen atoms in total. The normalized spacial score (nSPS) is 20.0. The van der Waals surface area contributed by atoms with E-state index in [1.165, 1.54) is 31.4 Å². The number of alkyl halides is 3. The molecule has 5 rings (SSSR count). The molecule has 2 aliphatic rings. The Balaban J connectivity index is 1.30. The minimum absolute atomic E-state index is 0.0139. The number of hydrogen-bond donors (Lipinski definition) is 2. The first-order valence-corrected chi connectivity index (χ1v) is 15.6. The van der Waals surface area contributed by atoms with Crippen molar-refractivity contribution in [3.05, 3.63) is 107 Å². The lowest BCUT2D eigenvalue weighted by Gasteiger charge is -2.31. The van der Waals surface area contributed by atoms with Gasteiger partial charge in [-0.3, -0.25) is 9.59 Å². The highest BCUT2D eigenvalue weighted by Crippen LogP contribution is 2.29. The van der Waals surface area contributed by atoms with Crippen molar-refractivity contribution in [2.24, 2.45) is 0 Å². The Hall–Kier alpha value is -3.69. The Labute approximate surface area is 257 Å². The zero-order chi connectivity index (χ0) is 30.9. The smallest absolute Gasteiger partial charge is 0.350 e. The van der Waals surface area contributed by atoms with Crippen LogP contribution in [0.25, 0.3) is 0 Å². The first-order valence-electron chi connectivity index (χ1n) is 15.6. The van der Waals surface area contributed by atoms with Crippen LogP contribution in [0.3, 0.4) is 0 Å². The number of likely N-dealkylation sites (tertiary alicyclic amines) is 1. The average molecular weight is 607 g/mol.